The number of hydrogen-bond donors (Lipinski definition) is 1. The maximum absolute atomic E-state index is 13.7. The summed E-state index contributed by atoms with van der Waals surface area (Å²) in [5.41, 5.74) is 1.81. The number of nitrogens with zero attached hydrogens (tertiary/aromatic N) is 2. The van der Waals surface area contributed by atoms with Gasteiger partial charge in [0.05, 0.1) is 0 Å². The molecule has 1 aromatic carbocycles. The highest BCUT2D eigenvalue weighted by Gasteiger charge is 2.36. The van der Waals surface area contributed by atoms with E-state index >= 15 is 0 Å². The molecule has 2 amide bonds. The number of benzene rings is 1. The maximum Gasteiger partial charge on any atom is 0.317 e. The van der Waals surface area contributed by atoms with Gasteiger partial charge in [0, 0.05) is 37.9 Å². The lowest BCUT2D eigenvalue weighted by molar-refractivity contribution is 0.203. The molecule has 0 saturated heterocycles. The third kappa shape index (κ3) is 4.16. The van der Waals surface area contributed by atoms with E-state index in [2.05, 4.69) is 10.3 Å². The predicted molar refractivity (Wildman–Crippen MR) is 95.6 cm³/mol. The molecule has 1 aromatic heterocycles. The first-order chi connectivity index (χ1) is 12.1. The van der Waals surface area contributed by atoms with Gasteiger partial charge in [-0.25, -0.2) is 9.18 Å². The van der Waals surface area contributed by atoms with Gasteiger partial charge in [-0.05, 0) is 42.2 Å². The zero-order chi connectivity index (χ0) is 17.7. The standard InChI is InChI=1S/C20H24FN3O/c1-24(14-16-6-5-11-22-13-16)19(25)23-15-20(9-2-3-10-20)17-7-4-8-18(21)12-17/h4-8,11-13H,2-3,9-10,14-15H2,1H3,(H,23,25). The molecule has 0 unspecified atom stereocenters. The van der Waals surface area contributed by atoms with Gasteiger partial charge in [-0.1, -0.05) is 31.0 Å². The molecule has 0 atom stereocenters. The van der Waals surface area contributed by atoms with Gasteiger partial charge in [-0.2, -0.15) is 0 Å². The fourth-order valence-electron chi connectivity index (χ4n) is 3.65. The third-order valence-corrected chi connectivity index (χ3v) is 5.06. The van der Waals surface area contributed by atoms with Crippen molar-refractivity contribution in [2.75, 3.05) is 13.6 Å². The zero-order valence-electron chi connectivity index (χ0n) is 14.5. The summed E-state index contributed by atoms with van der Waals surface area (Å²) in [5.74, 6) is -0.219. The molecular weight excluding hydrogens is 317 g/mol. The summed E-state index contributed by atoms with van der Waals surface area (Å²) in [7, 11) is 1.77. The molecule has 25 heavy (non-hydrogen) atoms. The van der Waals surface area contributed by atoms with Crippen LogP contribution in [0.3, 0.4) is 0 Å². The number of urea groups is 1. The zero-order valence-corrected chi connectivity index (χ0v) is 14.5. The Morgan fingerprint density at radius 3 is 2.76 bits per heavy atom. The van der Waals surface area contributed by atoms with Crippen molar-refractivity contribution in [2.45, 2.75) is 37.6 Å². The highest BCUT2D eigenvalue weighted by molar-refractivity contribution is 5.74. The average molecular weight is 341 g/mol. The van der Waals surface area contributed by atoms with Crippen LogP contribution in [0, 0.1) is 5.82 Å². The predicted octanol–water partition coefficient (Wildman–Crippen LogP) is 3.87. The van der Waals surface area contributed by atoms with Crippen molar-refractivity contribution in [3.8, 4) is 0 Å². The first-order valence-corrected chi connectivity index (χ1v) is 8.73. The van der Waals surface area contributed by atoms with Gasteiger partial charge < -0.3 is 10.2 Å². The third-order valence-electron chi connectivity index (χ3n) is 5.06. The van der Waals surface area contributed by atoms with Crippen LogP contribution in [-0.4, -0.2) is 29.5 Å². The van der Waals surface area contributed by atoms with Gasteiger partial charge in [-0.15, -0.1) is 0 Å². The first kappa shape index (κ1) is 17.4. The smallest absolute Gasteiger partial charge is 0.317 e. The van der Waals surface area contributed by atoms with Crippen molar-refractivity contribution < 1.29 is 9.18 Å². The average Bonchev–Trinajstić information content (AvgIpc) is 3.11. The number of aromatic nitrogens is 1. The van der Waals surface area contributed by atoms with Crippen LogP contribution in [-0.2, 0) is 12.0 Å². The summed E-state index contributed by atoms with van der Waals surface area (Å²) in [4.78, 5) is 18.2. The molecule has 0 radical (unpaired) electrons. The minimum atomic E-state index is -0.219. The molecule has 1 aliphatic rings. The lowest BCUT2D eigenvalue weighted by Gasteiger charge is -2.31. The van der Waals surface area contributed by atoms with Crippen LogP contribution in [0.2, 0.25) is 0 Å². The second-order valence-corrected chi connectivity index (χ2v) is 6.87. The van der Waals surface area contributed by atoms with E-state index in [0.717, 1.165) is 36.8 Å². The topological polar surface area (TPSA) is 45.2 Å². The van der Waals surface area contributed by atoms with Crippen molar-refractivity contribution in [1.29, 1.82) is 0 Å². The summed E-state index contributed by atoms with van der Waals surface area (Å²) in [6.45, 7) is 1.04. The molecule has 1 fully saturated rings. The van der Waals surface area contributed by atoms with Gasteiger partial charge >= 0.3 is 6.03 Å². The molecule has 2 aromatic rings. The SMILES string of the molecule is CN(Cc1cccnc1)C(=O)NCC1(c2cccc(F)c2)CCCC1. The van der Waals surface area contributed by atoms with E-state index in [0.29, 0.717) is 13.1 Å². The highest BCUT2D eigenvalue weighted by atomic mass is 19.1. The van der Waals surface area contributed by atoms with E-state index in [1.165, 1.54) is 6.07 Å². The second-order valence-electron chi connectivity index (χ2n) is 6.87. The van der Waals surface area contributed by atoms with Crippen LogP contribution >= 0.6 is 0 Å². The molecule has 1 aliphatic carbocycles. The molecule has 1 N–H and O–H groups in total. The Balaban J connectivity index is 1.64. The van der Waals surface area contributed by atoms with E-state index in [9.17, 15) is 9.18 Å². The maximum atomic E-state index is 13.7. The monoisotopic (exact) mass is 341 g/mol. The van der Waals surface area contributed by atoms with Crippen molar-refractivity contribution in [3.63, 3.8) is 0 Å². The van der Waals surface area contributed by atoms with E-state index in [4.69, 9.17) is 0 Å². The normalized spacial score (nSPS) is 15.8. The number of amides is 2. The van der Waals surface area contributed by atoms with Crippen LogP contribution in [0.15, 0.2) is 48.8 Å². The number of hydrogen-bond acceptors (Lipinski definition) is 2. The van der Waals surface area contributed by atoms with Crippen LogP contribution in [0.25, 0.3) is 0 Å². The highest BCUT2D eigenvalue weighted by Crippen LogP contribution is 2.40. The molecule has 0 bridgehead atoms. The van der Waals surface area contributed by atoms with E-state index in [-0.39, 0.29) is 17.3 Å². The minimum Gasteiger partial charge on any atom is -0.337 e. The van der Waals surface area contributed by atoms with E-state index < -0.39 is 0 Å². The lowest BCUT2D eigenvalue weighted by atomic mass is 9.79. The molecule has 1 saturated carbocycles. The molecule has 5 heteroatoms. The molecule has 3 rings (SSSR count). The van der Waals surface area contributed by atoms with Crippen molar-refractivity contribution in [2.24, 2.45) is 0 Å². The largest absolute Gasteiger partial charge is 0.337 e. The van der Waals surface area contributed by atoms with Gasteiger partial charge in [-0.3, -0.25) is 4.98 Å². The Bertz CT molecular complexity index is 714. The quantitative estimate of drug-likeness (QED) is 0.897. The molecule has 0 spiro atoms. The van der Waals surface area contributed by atoms with E-state index in [1.54, 1.807) is 36.5 Å². The lowest BCUT2D eigenvalue weighted by Crippen LogP contribution is -2.44. The van der Waals surface area contributed by atoms with Crippen LogP contribution in [0.4, 0.5) is 9.18 Å². The minimum absolute atomic E-state index is 0.119. The van der Waals surface area contributed by atoms with Crippen molar-refractivity contribution >= 4 is 6.03 Å². The summed E-state index contributed by atoms with van der Waals surface area (Å²) in [6.07, 6.45) is 7.64. The molecule has 0 aliphatic heterocycles. The van der Waals surface area contributed by atoms with Gasteiger partial charge in [0.25, 0.3) is 0 Å². The Morgan fingerprint density at radius 2 is 2.08 bits per heavy atom. The van der Waals surface area contributed by atoms with Crippen LogP contribution in [0.5, 0.6) is 0 Å². The Kier molecular flexibility index (Phi) is 5.31. The Hall–Kier alpha value is -2.43. The number of rotatable bonds is 5. The Labute approximate surface area is 148 Å². The fourth-order valence-corrected chi connectivity index (χ4v) is 3.65. The van der Waals surface area contributed by atoms with Crippen LogP contribution in [0.1, 0.15) is 36.8 Å². The summed E-state index contributed by atoms with van der Waals surface area (Å²) in [5, 5.41) is 3.05. The van der Waals surface area contributed by atoms with Crippen molar-refractivity contribution in [1.82, 2.24) is 15.2 Å². The van der Waals surface area contributed by atoms with E-state index in [1.807, 2.05) is 18.2 Å². The molecule has 1 heterocycles. The number of carbonyl (C=O) groups is 1. The number of carbonyl (C=O) groups excluding carboxylic acids is 1. The second kappa shape index (κ2) is 7.64. The number of pyridine rings is 1. The fraction of sp³-hybridized carbons (Fsp3) is 0.400. The van der Waals surface area contributed by atoms with Gasteiger partial charge in [0.2, 0.25) is 0 Å². The molecule has 132 valence electrons. The molecule has 4 nitrogen and oxygen atoms in total. The van der Waals surface area contributed by atoms with Gasteiger partial charge in [0.15, 0.2) is 0 Å². The van der Waals surface area contributed by atoms with Crippen LogP contribution < -0.4 is 5.32 Å². The van der Waals surface area contributed by atoms with Gasteiger partial charge in [0.1, 0.15) is 5.82 Å². The number of halogens is 1. The summed E-state index contributed by atoms with van der Waals surface area (Å²) < 4.78 is 13.7. The molecular formula is C20H24FN3O. The number of nitrogens with one attached hydrogen (secondary N) is 1. The Morgan fingerprint density at radius 1 is 1.28 bits per heavy atom. The van der Waals surface area contributed by atoms with Crippen molar-refractivity contribution in [3.05, 3.63) is 65.7 Å². The summed E-state index contributed by atoms with van der Waals surface area (Å²) in [6, 6.07) is 10.5. The first-order valence-electron chi connectivity index (χ1n) is 8.73. The summed E-state index contributed by atoms with van der Waals surface area (Å²) >= 11 is 0.